The number of piperazine rings is 1. The van der Waals surface area contributed by atoms with E-state index in [1.165, 1.54) is 32.2 Å². The predicted octanol–water partition coefficient (Wildman–Crippen LogP) is 3.14. The van der Waals surface area contributed by atoms with Crippen molar-refractivity contribution >= 4 is 0 Å². The van der Waals surface area contributed by atoms with E-state index in [-0.39, 0.29) is 0 Å². The molecule has 0 saturated carbocycles. The van der Waals surface area contributed by atoms with Crippen LogP contribution in [0.15, 0.2) is 24.3 Å². The third-order valence-corrected chi connectivity index (χ3v) is 5.01. The maximum absolute atomic E-state index is 3.71. The molecular formula is C17H26N2. The molecule has 1 N–H and O–H groups in total. The second-order valence-electron chi connectivity index (χ2n) is 6.03. The normalized spacial score (nSPS) is 31.4. The minimum absolute atomic E-state index is 0.664. The molecule has 3 unspecified atom stereocenters. The van der Waals surface area contributed by atoms with Gasteiger partial charge >= 0.3 is 0 Å². The first-order valence-corrected chi connectivity index (χ1v) is 7.90. The van der Waals surface area contributed by atoms with Crippen molar-refractivity contribution in [3.63, 3.8) is 0 Å². The van der Waals surface area contributed by atoms with E-state index in [2.05, 4.69) is 48.3 Å². The molecule has 1 saturated heterocycles. The molecule has 3 rings (SSSR count). The van der Waals surface area contributed by atoms with Crippen LogP contribution < -0.4 is 5.32 Å². The average Bonchev–Trinajstić information content (AvgIpc) is 2.90. The summed E-state index contributed by atoms with van der Waals surface area (Å²) >= 11 is 0. The zero-order chi connectivity index (χ0) is 13.2. The Morgan fingerprint density at radius 2 is 2.05 bits per heavy atom. The molecule has 2 aliphatic rings. The molecule has 1 aromatic carbocycles. The summed E-state index contributed by atoms with van der Waals surface area (Å²) in [5.74, 6) is 0. The Labute approximate surface area is 117 Å². The van der Waals surface area contributed by atoms with Crippen LogP contribution in [0.2, 0.25) is 0 Å². The number of aryl methyl sites for hydroxylation is 1. The average molecular weight is 258 g/mol. The van der Waals surface area contributed by atoms with Gasteiger partial charge in [0.05, 0.1) is 0 Å². The molecule has 2 nitrogen and oxygen atoms in total. The highest BCUT2D eigenvalue weighted by Gasteiger charge is 2.35. The van der Waals surface area contributed by atoms with Crippen molar-refractivity contribution in [1.29, 1.82) is 0 Å². The highest BCUT2D eigenvalue weighted by Crippen LogP contribution is 2.37. The molecule has 1 heterocycles. The number of benzene rings is 1. The van der Waals surface area contributed by atoms with Crippen LogP contribution in [-0.2, 0) is 6.42 Å². The fourth-order valence-electron chi connectivity index (χ4n) is 3.80. The maximum atomic E-state index is 3.71. The lowest BCUT2D eigenvalue weighted by molar-refractivity contribution is 0.0774. The van der Waals surface area contributed by atoms with Crippen molar-refractivity contribution in [2.45, 2.75) is 57.7 Å². The summed E-state index contributed by atoms with van der Waals surface area (Å²) in [4.78, 5) is 2.79. The number of fused-ring (bicyclic) bond motifs is 1. The lowest BCUT2D eigenvalue weighted by Crippen LogP contribution is -2.56. The fourth-order valence-corrected chi connectivity index (χ4v) is 3.80. The molecular weight excluding hydrogens is 232 g/mol. The maximum Gasteiger partial charge on any atom is 0.0358 e. The van der Waals surface area contributed by atoms with Crippen molar-refractivity contribution in [2.75, 3.05) is 13.1 Å². The Kier molecular flexibility index (Phi) is 3.90. The Morgan fingerprint density at radius 3 is 2.84 bits per heavy atom. The molecule has 0 bridgehead atoms. The summed E-state index contributed by atoms with van der Waals surface area (Å²) < 4.78 is 0. The van der Waals surface area contributed by atoms with E-state index in [1.807, 2.05) is 0 Å². The van der Waals surface area contributed by atoms with Gasteiger partial charge in [-0.25, -0.2) is 0 Å². The Balaban J connectivity index is 1.83. The summed E-state index contributed by atoms with van der Waals surface area (Å²) in [5, 5.41) is 3.71. The van der Waals surface area contributed by atoms with Gasteiger partial charge in [0.15, 0.2) is 0 Å². The highest BCUT2D eigenvalue weighted by atomic mass is 15.3. The fraction of sp³-hybridized carbons (Fsp3) is 0.647. The van der Waals surface area contributed by atoms with Crippen LogP contribution in [0.4, 0.5) is 0 Å². The van der Waals surface area contributed by atoms with Crippen LogP contribution in [0.3, 0.4) is 0 Å². The van der Waals surface area contributed by atoms with Gasteiger partial charge < -0.3 is 5.32 Å². The van der Waals surface area contributed by atoms with Crippen molar-refractivity contribution in [3.05, 3.63) is 35.4 Å². The molecule has 1 fully saturated rings. The van der Waals surface area contributed by atoms with Crippen molar-refractivity contribution in [1.82, 2.24) is 10.2 Å². The SMILES string of the molecule is CCC1CN(C2CCc3ccccc32)C(CC)CN1. The minimum Gasteiger partial charge on any atom is -0.311 e. The van der Waals surface area contributed by atoms with Crippen LogP contribution in [0.1, 0.15) is 50.3 Å². The van der Waals surface area contributed by atoms with Crippen molar-refractivity contribution in [2.24, 2.45) is 0 Å². The van der Waals surface area contributed by atoms with Gasteiger partial charge in [-0.1, -0.05) is 38.1 Å². The van der Waals surface area contributed by atoms with E-state index in [9.17, 15) is 0 Å². The van der Waals surface area contributed by atoms with Crippen molar-refractivity contribution < 1.29 is 0 Å². The van der Waals surface area contributed by atoms with E-state index >= 15 is 0 Å². The second kappa shape index (κ2) is 5.64. The van der Waals surface area contributed by atoms with Gasteiger partial charge in [-0.15, -0.1) is 0 Å². The van der Waals surface area contributed by atoms with Gasteiger partial charge in [0.25, 0.3) is 0 Å². The molecule has 19 heavy (non-hydrogen) atoms. The minimum atomic E-state index is 0.664. The molecule has 0 aromatic heterocycles. The summed E-state index contributed by atoms with van der Waals surface area (Å²) in [6, 6.07) is 11.1. The monoisotopic (exact) mass is 258 g/mol. The van der Waals surface area contributed by atoms with Crippen LogP contribution >= 0.6 is 0 Å². The van der Waals surface area contributed by atoms with Crippen LogP contribution in [0.5, 0.6) is 0 Å². The molecule has 104 valence electrons. The van der Waals surface area contributed by atoms with E-state index in [1.54, 1.807) is 11.1 Å². The first-order valence-electron chi connectivity index (χ1n) is 7.90. The number of hydrogen-bond acceptors (Lipinski definition) is 2. The largest absolute Gasteiger partial charge is 0.311 e. The highest BCUT2D eigenvalue weighted by molar-refractivity contribution is 5.34. The predicted molar refractivity (Wildman–Crippen MR) is 80.4 cm³/mol. The van der Waals surface area contributed by atoms with Gasteiger partial charge in [-0.3, -0.25) is 4.90 Å². The van der Waals surface area contributed by atoms with Crippen LogP contribution in [-0.4, -0.2) is 30.1 Å². The molecule has 1 aliphatic heterocycles. The Hall–Kier alpha value is -0.860. The summed E-state index contributed by atoms with van der Waals surface area (Å²) in [6.07, 6.45) is 5.06. The number of nitrogens with one attached hydrogen (secondary N) is 1. The molecule has 0 spiro atoms. The van der Waals surface area contributed by atoms with Gasteiger partial charge in [-0.05, 0) is 36.8 Å². The van der Waals surface area contributed by atoms with Crippen molar-refractivity contribution in [3.8, 4) is 0 Å². The molecule has 0 amide bonds. The summed E-state index contributed by atoms with van der Waals surface area (Å²) in [7, 11) is 0. The zero-order valence-electron chi connectivity index (χ0n) is 12.2. The van der Waals surface area contributed by atoms with Gasteiger partial charge in [0.1, 0.15) is 0 Å². The third kappa shape index (κ3) is 2.44. The first kappa shape index (κ1) is 13.1. The lowest BCUT2D eigenvalue weighted by atomic mass is 9.99. The number of rotatable bonds is 3. The van der Waals surface area contributed by atoms with E-state index < -0.39 is 0 Å². The van der Waals surface area contributed by atoms with E-state index in [0.29, 0.717) is 18.1 Å². The Morgan fingerprint density at radius 1 is 1.21 bits per heavy atom. The molecule has 2 heteroatoms. The van der Waals surface area contributed by atoms with Gasteiger partial charge in [0.2, 0.25) is 0 Å². The quantitative estimate of drug-likeness (QED) is 0.896. The Bertz CT molecular complexity index is 429. The molecule has 3 atom stereocenters. The zero-order valence-corrected chi connectivity index (χ0v) is 12.2. The van der Waals surface area contributed by atoms with Gasteiger partial charge in [0, 0.05) is 31.2 Å². The molecule has 0 radical (unpaired) electrons. The summed E-state index contributed by atoms with van der Waals surface area (Å²) in [5.41, 5.74) is 3.17. The number of hydrogen-bond donors (Lipinski definition) is 1. The number of nitrogens with zero attached hydrogens (tertiary/aromatic N) is 1. The van der Waals surface area contributed by atoms with E-state index in [4.69, 9.17) is 0 Å². The molecule has 1 aliphatic carbocycles. The second-order valence-corrected chi connectivity index (χ2v) is 6.03. The van der Waals surface area contributed by atoms with Crippen LogP contribution in [0.25, 0.3) is 0 Å². The third-order valence-electron chi connectivity index (χ3n) is 5.01. The first-order chi connectivity index (χ1) is 9.33. The lowest BCUT2D eigenvalue weighted by Gasteiger charge is -2.43. The van der Waals surface area contributed by atoms with Crippen LogP contribution in [0, 0.1) is 0 Å². The molecule has 1 aromatic rings. The van der Waals surface area contributed by atoms with Gasteiger partial charge in [-0.2, -0.15) is 0 Å². The summed E-state index contributed by atoms with van der Waals surface area (Å²) in [6.45, 7) is 7.00. The standard InChI is InChI=1S/C17H26N2/c1-3-14-12-19(15(4-2)11-18-14)17-10-9-13-7-5-6-8-16(13)17/h5-8,14-15,17-18H,3-4,9-12H2,1-2H3. The topological polar surface area (TPSA) is 15.3 Å². The smallest absolute Gasteiger partial charge is 0.0358 e. The van der Waals surface area contributed by atoms with E-state index in [0.717, 1.165) is 6.54 Å².